The number of carboxylic acid groups (broad SMARTS) is 1. The molecule has 0 atom stereocenters. The Kier molecular flexibility index (Phi) is 3.71. The van der Waals surface area contributed by atoms with Crippen LogP contribution in [-0.2, 0) is 0 Å². The molecule has 22 heavy (non-hydrogen) atoms. The maximum atomic E-state index is 11.5. The lowest BCUT2D eigenvalue weighted by Gasteiger charge is -2.13. The molecule has 2 aromatic carbocycles. The summed E-state index contributed by atoms with van der Waals surface area (Å²) >= 11 is 3.36. The monoisotopic (exact) mass is 354 g/mol. The van der Waals surface area contributed by atoms with Gasteiger partial charge in [-0.15, -0.1) is 0 Å². The summed E-state index contributed by atoms with van der Waals surface area (Å²) in [6.45, 7) is 3.99. The highest BCUT2D eigenvalue weighted by atomic mass is 79.9. The van der Waals surface area contributed by atoms with E-state index in [0.29, 0.717) is 16.6 Å². The lowest BCUT2D eigenvalue weighted by atomic mass is 9.99. The van der Waals surface area contributed by atoms with Crippen LogP contribution in [-0.4, -0.2) is 11.0 Å². The molecule has 1 aromatic heterocycles. The fourth-order valence-electron chi connectivity index (χ4n) is 2.52. The zero-order valence-electron chi connectivity index (χ0n) is 12.2. The number of hydrogen-bond acceptors (Lipinski definition) is 3. The van der Waals surface area contributed by atoms with Gasteiger partial charge in [0.1, 0.15) is 0 Å². The summed E-state index contributed by atoms with van der Waals surface area (Å²) in [5.41, 5.74) is 4.54. The number of benzene rings is 2. The minimum absolute atomic E-state index is 0.155. The van der Waals surface area contributed by atoms with Crippen LogP contribution in [0.3, 0.4) is 0 Å². The molecule has 0 aliphatic carbocycles. The number of hydrogen-bond donors (Lipinski definition) is 0. The molecule has 3 aromatic rings. The van der Waals surface area contributed by atoms with Gasteiger partial charge in [-0.1, -0.05) is 33.6 Å². The number of carboxylic acids is 1. The van der Waals surface area contributed by atoms with Crippen LogP contribution in [0.4, 0.5) is 0 Å². The van der Waals surface area contributed by atoms with Crippen LogP contribution in [0.15, 0.2) is 46.9 Å². The van der Waals surface area contributed by atoms with Crippen molar-refractivity contribution >= 4 is 32.8 Å². The standard InChI is InChI=1S/C18H14BrNO2/c1-10-3-4-11(2)13(7-10)17-9-15(18(21)22)14-8-12(19)5-6-16(14)20-17/h3-9H,1-2H3,(H,21,22)/p-1. The Balaban J connectivity index is 2.34. The van der Waals surface area contributed by atoms with Crippen molar-refractivity contribution in [3.05, 3.63) is 63.6 Å². The van der Waals surface area contributed by atoms with Gasteiger partial charge in [0.25, 0.3) is 0 Å². The number of fused-ring (bicyclic) bond motifs is 1. The van der Waals surface area contributed by atoms with Crippen molar-refractivity contribution < 1.29 is 9.90 Å². The van der Waals surface area contributed by atoms with Gasteiger partial charge in [-0.25, -0.2) is 4.98 Å². The average Bonchev–Trinajstić information content (AvgIpc) is 2.48. The second kappa shape index (κ2) is 5.54. The Labute approximate surface area is 136 Å². The van der Waals surface area contributed by atoms with Crippen LogP contribution in [0.5, 0.6) is 0 Å². The van der Waals surface area contributed by atoms with Crippen molar-refractivity contribution in [1.29, 1.82) is 0 Å². The zero-order chi connectivity index (χ0) is 15.9. The maximum Gasteiger partial charge on any atom is 0.0722 e. The first-order valence-corrected chi connectivity index (χ1v) is 7.64. The molecule has 0 radical (unpaired) electrons. The lowest BCUT2D eigenvalue weighted by Crippen LogP contribution is -2.22. The molecule has 0 fully saturated rings. The van der Waals surface area contributed by atoms with Gasteiger partial charge in [0.2, 0.25) is 0 Å². The zero-order valence-corrected chi connectivity index (χ0v) is 13.8. The Morgan fingerprint density at radius 3 is 2.59 bits per heavy atom. The van der Waals surface area contributed by atoms with Crippen molar-refractivity contribution in [3.8, 4) is 11.3 Å². The fraction of sp³-hybridized carbons (Fsp3) is 0.111. The van der Waals surface area contributed by atoms with Crippen molar-refractivity contribution in [2.45, 2.75) is 13.8 Å². The summed E-state index contributed by atoms with van der Waals surface area (Å²) < 4.78 is 0.809. The fourth-order valence-corrected chi connectivity index (χ4v) is 2.88. The van der Waals surface area contributed by atoms with Gasteiger partial charge in [0.05, 0.1) is 17.2 Å². The molecule has 0 spiro atoms. The molecule has 3 rings (SSSR count). The smallest absolute Gasteiger partial charge is 0.0722 e. The molecule has 110 valence electrons. The predicted molar refractivity (Wildman–Crippen MR) is 88.7 cm³/mol. The average molecular weight is 355 g/mol. The molecule has 0 aliphatic heterocycles. The van der Waals surface area contributed by atoms with E-state index in [1.807, 2.05) is 38.1 Å². The summed E-state index contributed by atoms with van der Waals surface area (Å²) in [7, 11) is 0. The summed E-state index contributed by atoms with van der Waals surface area (Å²) in [4.78, 5) is 16.1. The highest BCUT2D eigenvalue weighted by Crippen LogP contribution is 2.29. The SMILES string of the molecule is Cc1ccc(C)c(-c2cc(C(=O)[O-])c3cc(Br)ccc3n2)c1. The van der Waals surface area contributed by atoms with E-state index in [2.05, 4.69) is 20.9 Å². The largest absolute Gasteiger partial charge is 0.545 e. The molecule has 3 nitrogen and oxygen atoms in total. The minimum atomic E-state index is -1.20. The van der Waals surface area contributed by atoms with Gasteiger partial charge in [-0.2, -0.15) is 0 Å². The highest BCUT2D eigenvalue weighted by Gasteiger charge is 2.11. The first-order chi connectivity index (χ1) is 10.5. The highest BCUT2D eigenvalue weighted by molar-refractivity contribution is 9.10. The number of pyridine rings is 1. The second-order valence-electron chi connectivity index (χ2n) is 5.32. The minimum Gasteiger partial charge on any atom is -0.545 e. The number of aromatic carboxylic acids is 1. The van der Waals surface area contributed by atoms with E-state index < -0.39 is 5.97 Å². The van der Waals surface area contributed by atoms with E-state index in [-0.39, 0.29) is 5.56 Å². The van der Waals surface area contributed by atoms with Gasteiger partial charge in [0, 0.05) is 21.0 Å². The molecule has 0 unspecified atom stereocenters. The van der Waals surface area contributed by atoms with Gasteiger partial charge in [0.15, 0.2) is 0 Å². The predicted octanol–water partition coefficient (Wildman–Crippen LogP) is 3.64. The third-order valence-corrected chi connectivity index (χ3v) is 4.15. The molecule has 4 heteroatoms. The Hall–Kier alpha value is -2.20. The van der Waals surface area contributed by atoms with Gasteiger partial charge >= 0.3 is 0 Å². The molecule has 0 N–H and O–H groups in total. The van der Waals surface area contributed by atoms with Crippen LogP contribution in [0.2, 0.25) is 0 Å². The number of nitrogens with zero attached hydrogens (tertiary/aromatic N) is 1. The molecular formula is C18H13BrNO2-. The van der Waals surface area contributed by atoms with Gasteiger partial charge in [-0.3, -0.25) is 0 Å². The number of carbonyl (C=O) groups is 1. The van der Waals surface area contributed by atoms with Crippen LogP contribution in [0, 0.1) is 13.8 Å². The number of aryl methyl sites for hydroxylation is 2. The summed E-state index contributed by atoms with van der Waals surface area (Å²) in [5.74, 6) is -1.20. The van der Waals surface area contributed by atoms with Crippen LogP contribution >= 0.6 is 15.9 Å². The Bertz CT molecular complexity index is 903. The number of halogens is 1. The van der Waals surface area contributed by atoms with Gasteiger partial charge in [-0.05, 0) is 49.7 Å². The normalized spacial score (nSPS) is 10.9. The summed E-state index contributed by atoms with van der Waals surface area (Å²) in [6, 6.07) is 13.0. The lowest BCUT2D eigenvalue weighted by molar-refractivity contribution is -0.254. The van der Waals surface area contributed by atoms with E-state index in [0.717, 1.165) is 21.2 Å². The third-order valence-electron chi connectivity index (χ3n) is 3.66. The molecule has 1 heterocycles. The van der Waals surface area contributed by atoms with E-state index in [9.17, 15) is 9.90 Å². The molecule has 0 amide bonds. The Morgan fingerprint density at radius 1 is 1.09 bits per heavy atom. The molecule has 0 saturated heterocycles. The topological polar surface area (TPSA) is 53.0 Å². The van der Waals surface area contributed by atoms with Crippen LogP contribution in [0.25, 0.3) is 22.2 Å². The first kappa shape index (κ1) is 14.7. The van der Waals surface area contributed by atoms with E-state index >= 15 is 0 Å². The first-order valence-electron chi connectivity index (χ1n) is 6.85. The molecule has 0 aliphatic rings. The van der Waals surface area contributed by atoms with E-state index in [4.69, 9.17) is 0 Å². The molecule has 0 bridgehead atoms. The summed E-state index contributed by atoms with van der Waals surface area (Å²) in [6.07, 6.45) is 0. The Morgan fingerprint density at radius 2 is 1.86 bits per heavy atom. The van der Waals surface area contributed by atoms with Crippen molar-refractivity contribution in [3.63, 3.8) is 0 Å². The second-order valence-corrected chi connectivity index (χ2v) is 6.24. The van der Waals surface area contributed by atoms with Crippen molar-refractivity contribution in [1.82, 2.24) is 4.98 Å². The maximum absolute atomic E-state index is 11.5. The van der Waals surface area contributed by atoms with Gasteiger partial charge < -0.3 is 9.90 Å². The van der Waals surface area contributed by atoms with Crippen molar-refractivity contribution in [2.75, 3.05) is 0 Å². The molecular weight excluding hydrogens is 342 g/mol. The van der Waals surface area contributed by atoms with E-state index in [1.54, 1.807) is 18.2 Å². The quantitative estimate of drug-likeness (QED) is 0.705. The van der Waals surface area contributed by atoms with E-state index in [1.165, 1.54) is 0 Å². The molecule has 0 saturated carbocycles. The van der Waals surface area contributed by atoms with Crippen LogP contribution < -0.4 is 5.11 Å². The number of rotatable bonds is 2. The number of aromatic nitrogens is 1. The third kappa shape index (κ3) is 2.62. The number of carbonyl (C=O) groups excluding carboxylic acids is 1. The van der Waals surface area contributed by atoms with Crippen molar-refractivity contribution in [2.24, 2.45) is 0 Å². The van der Waals surface area contributed by atoms with Crippen LogP contribution in [0.1, 0.15) is 21.5 Å². The summed E-state index contributed by atoms with van der Waals surface area (Å²) in [5, 5.41) is 12.1.